The number of aromatic nitrogens is 1. The van der Waals surface area contributed by atoms with Gasteiger partial charge in [-0.3, -0.25) is 0 Å². The predicted molar refractivity (Wildman–Crippen MR) is 77.1 cm³/mol. The van der Waals surface area contributed by atoms with Crippen LogP contribution in [0.5, 0.6) is 0 Å². The summed E-state index contributed by atoms with van der Waals surface area (Å²) < 4.78 is 8.17. The summed E-state index contributed by atoms with van der Waals surface area (Å²) >= 11 is 0. The molecule has 1 aliphatic carbocycles. The molecule has 3 atom stereocenters. The van der Waals surface area contributed by atoms with Crippen molar-refractivity contribution in [3.8, 4) is 0 Å². The van der Waals surface area contributed by atoms with E-state index in [1.165, 1.54) is 11.3 Å². The second-order valence-electron chi connectivity index (χ2n) is 7.14. The van der Waals surface area contributed by atoms with E-state index in [1.54, 1.807) is 0 Å². The van der Waals surface area contributed by atoms with Crippen LogP contribution in [-0.4, -0.2) is 17.3 Å². The van der Waals surface area contributed by atoms with Crippen LogP contribution in [0.15, 0.2) is 12.3 Å². The van der Waals surface area contributed by atoms with E-state index in [9.17, 15) is 0 Å². The van der Waals surface area contributed by atoms with Crippen LogP contribution in [0.25, 0.3) is 0 Å². The highest BCUT2D eigenvalue weighted by Crippen LogP contribution is 2.41. The Labute approximate surface area is 116 Å². The van der Waals surface area contributed by atoms with Crippen LogP contribution in [0.4, 0.5) is 0 Å². The van der Waals surface area contributed by atoms with E-state index in [0.717, 1.165) is 32.3 Å². The maximum Gasteiger partial charge on any atom is 0.0566 e. The molecule has 1 aliphatic heterocycles. The summed E-state index contributed by atoms with van der Waals surface area (Å²) in [4.78, 5) is 0. The predicted octanol–water partition coefficient (Wildman–Crippen LogP) is 3.20. The average molecular weight is 262 g/mol. The first-order chi connectivity index (χ1) is 8.96. The maximum atomic E-state index is 6.35. The lowest BCUT2D eigenvalue weighted by molar-refractivity contribution is 0.00517. The lowest BCUT2D eigenvalue weighted by Crippen LogP contribution is -2.32. The maximum absolute atomic E-state index is 6.35. The fourth-order valence-electron chi connectivity index (χ4n) is 3.83. The Balaban J connectivity index is 1.92. The molecule has 106 valence electrons. The molecule has 1 aromatic rings. The topological polar surface area (TPSA) is 40.2 Å². The fourth-order valence-corrected chi connectivity index (χ4v) is 3.83. The minimum absolute atomic E-state index is 0.206. The zero-order chi connectivity index (χ0) is 13.6. The largest absolute Gasteiger partial charge is 0.378 e. The molecule has 1 fully saturated rings. The summed E-state index contributed by atoms with van der Waals surface area (Å²) in [5.41, 5.74) is 9.52. The number of rotatable bonds is 1. The Bertz CT molecular complexity index is 463. The molecule has 19 heavy (non-hydrogen) atoms. The Morgan fingerprint density at radius 3 is 2.95 bits per heavy atom. The van der Waals surface area contributed by atoms with Gasteiger partial charge in [0.25, 0.3) is 0 Å². The van der Waals surface area contributed by atoms with Gasteiger partial charge in [-0.15, -0.1) is 0 Å². The van der Waals surface area contributed by atoms with Gasteiger partial charge in [0.15, 0.2) is 0 Å². The molecule has 0 aromatic carbocycles. The van der Waals surface area contributed by atoms with Gasteiger partial charge in [0.05, 0.1) is 6.10 Å². The molecule has 0 bridgehead atoms. The lowest BCUT2D eigenvalue weighted by Gasteiger charge is -2.37. The average Bonchev–Trinajstić information content (AvgIpc) is 2.71. The Hall–Kier alpha value is -0.800. The normalized spacial score (nSPS) is 34.0. The standard InChI is InChI=1S/C16H26N2O/c1-11-8-12(5-7-19-11)18-6-4-13-14(17)9-16(2,3)10-15(13)18/h4,6,11-12,14H,5,7-10,17H2,1-3H3. The Morgan fingerprint density at radius 2 is 2.21 bits per heavy atom. The monoisotopic (exact) mass is 262 g/mol. The van der Waals surface area contributed by atoms with Crippen molar-refractivity contribution >= 4 is 0 Å². The van der Waals surface area contributed by atoms with Gasteiger partial charge in [0.2, 0.25) is 0 Å². The molecule has 1 saturated heterocycles. The van der Waals surface area contributed by atoms with Crippen LogP contribution >= 0.6 is 0 Å². The zero-order valence-electron chi connectivity index (χ0n) is 12.4. The van der Waals surface area contributed by atoms with E-state index in [-0.39, 0.29) is 6.04 Å². The number of ether oxygens (including phenoxy) is 1. The molecule has 2 N–H and O–H groups in total. The van der Waals surface area contributed by atoms with Crippen molar-refractivity contribution in [2.45, 2.75) is 64.6 Å². The van der Waals surface area contributed by atoms with Gasteiger partial charge in [0, 0.05) is 30.6 Å². The summed E-state index contributed by atoms with van der Waals surface area (Å²) in [5, 5.41) is 0. The van der Waals surface area contributed by atoms with Crippen molar-refractivity contribution in [1.29, 1.82) is 0 Å². The molecule has 2 heterocycles. The first-order valence-corrected chi connectivity index (χ1v) is 7.53. The second-order valence-corrected chi connectivity index (χ2v) is 7.14. The van der Waals surface area contributed by atoms with E-state index < -0.39 is 0 Å². The fraction of sp³-hybridized carbons (Fsp3) is 0.750. The van der Waals surface area contributed by atoms with Gasteiger partial charge in [-0.05, 0) is 49.7 Å². The summed E-state index contributed by atoms with van der Waals surface area (Å²) in [5.74, 6) is 0. The molecule has 3 heteroatoms. The molecular formula is C16H26N2O. The van der Waals surface area contributed by atoms with Gasteiger partial charge in [-0.1, -0.05) is 13.8 Å². The molecule has 3 unspecified atom stereocenters. The molecule has 0 saturated carbocycles. The Morgan fingerprint density at radius 1 is 1.42 bits per heavy atom. The van der Waals surface area contributed by atoms with E-state index in [2.05, 4.69) is 37.6 Å². The van der Waals surface area contributed by atoms with Gasteiger partial charge in [-0.25, -0.2) is 0 Å². The number of hydrogen-bond donors (Lipinski definition) is 1. The van der Waals surface area contributed by atoms with Crippen molar-refractivity contribution in [1.82, 2.24) is 4.57 Å². The van der Waals surface area contributed by atoms with Crippen LogP contribution in [0, 0.1) is 5.41 Å². The van der Waals surface area contributed by atoms with Gasteiger partial charge in [0.1, 0.15) is 0 Å². The molecule has 0 amide bonds. The molecule has 2 aliphatic rings. The molecule has 1 aromatic heterocycles. The molecular weight excluding hydrogens is 236 g/mol. The van der Waals surface area contributed by atoms with Crippen molar-refractivity contribution < 1.29 is 4.74 Å². The van der Waals surface area contributed by atoms with E-state index in [0.29, 0.717) is 17.6 Å². The first kappa shape index (κ1) is 13.2. The summed E-state index contributed by atoms with van der Waals surface area (Å²) in [7, 11) is 0. The second kappa shape index (κ2) is 4.64. The van der Waals surface area contributed by atoms with Crippen molar-refractivity contribution in [3.63, 3.8) is 0 Å². The van der Waals surface area contributed by atoms with E-state index >= 15 is 0 Å². The van der Waals surface area contributed by atoms with Crippen LogP contribution in [0.3, 0.4) is 0 Å². The minimum atomic E-state index is 0.206. The highest BCUT2D eigenvalue weighted by Gasteiger charge is 2.34. The third kappa shape index (κ3) is 2.46. The van der Waals surface area contributed by atoms with Crippen LogP contribution in [0.1, 0.15) is 63.4 Å². The smallest absolute Gasteiger partial charge is 0.0566 e. The van der Waals surface area contributed by atoms with Crippen LogP contribution in [0.2, 0.25) is 0 Å². The molecule has 0 radical (unpaired) electrons. The third-order valence-electron chi connectivity index (χ3n) is 4.73. The Kier molecular flexibility index (Phi) is 3.22. The van der Waals surface area contributed by atoms with Crippen LogP contribution in [-0.2, 0) is 11.2 Å². The molecule has 3 rings (SSSR count). The number of fused-ring (bicyclic) bond motifs is 1. The number of nitrogens with zero attached hydrogens (tertiary/aromatic N) is 1. The van der Waals surface area contributed by atoms with Gasteiger partial charge >= 0.3 is 0 Å². The van der Waals surface area contributed by atoms with E-state index in [4.69, 9.17) is 10.5 Å². The van der Waals surface area contributed by atoms with Crippen molar-refractivity contribution in [2.24, 2.45) is 11.1 Å². The summed E-state index contributed by atoms with van der Waals surface area (Å²) in [6.45, 7) is 7.73. The van der Waals surface area contributed by atoms with Crippen molar-refractivity contribution in [2.75, 3.05) is 6.61 Å². The van der Waals surface area contributed by atoms with E-state index in [1.807, 2.05) is 0 Å². The van der Waals surface area contributed by atoms with Gasteiger partial charge in [-0.2, -0.15) is 0 Å². The number of nitrogens with two attached hydrogens (primary N) is 1. The molecule has 0 spiro atoms. The minimum Gasteiger partial charge on any atom is -0.378 e. The van der Waals surface area contributed by atoms with Gasteiger partial charge < -0.3 is 15.0 Å². The third-order valence-corrected chi connectivity index (χ3v) is 4.73. The number of hydrogen-bond acceptors (Lipinski definition) is 2. The molecule has 3 nitrogen and oxygen atoms in total. The van der Waals surface area contributed by atoms with Crippen molar-refractivity contribution in [3.05, 3.63) is 23.5 Å². The highest BCUT2D eigenvalue weighted by atomic mass is 16.5. The highest BCUT2D eigenvalue weighted by molar-refractivity contribution is 5.30. The zero-order valence-corrected chi connectivity index (χ0v) is 12.4. The SMILES string of the molecule is CC1CC(n2ccc3c2CC(C)(C)CC3N)CCO1. The quantitative estimate of drug-likeness (QED) is 0.844. The summed E-state index contributed by atoms with van der Waals surface area (Å²) in [6, 6.07) is 3.04. The lowest BCUT2D eigenvalue weighted by atomic mass is 9.74. The summed E-state index contributed by atoms with van der Waals surface area (Å²) in [6.07, 6.45) is 7.12. The first-order valence-electron chi connectivity index (χ1n) is 7.53. The van der Waals surface area contributed by atoms with Crippen LogP contribution < -0.4 is 5.73 Å².